The van der Waals surface area contributed by atoms with Gasteiger partial charge in [-0.2, -0.15) is 0 Å². The van der Waals surface area contributed by atoms with Gasteiger partial charge in [0, 0.05) is 31.5 Å². The highest BCUT2D eigenvalue weighted by Gasteiger charge is 2.32. The fourth-order valence-electron chi connectivity index (χ4n) is 6.17. The Balaban J connectivity index is 1.06. The average molecular weight is 556 g/mol. The summed E-state index contributed by atoms with van der Waals surface area (Å²) >= 11 is 0. The molecule has 1 saturated carbocycles. The lowest BCUT2D eigenvalue weighted by Crippen LogP contribution is -2.47. The summed E-state index contributed by atoms with van der Waals surface area (Å²) in [6.45, 7) is 1.05. The summed E-state index contributed by atoms with van der Waals surface area (Å²) in [5.41, 5.74) is 5.77. The Bertz CT molecular complexity index is 1330. The van der Waals surface area contributed by atoms with Gasteiger partial charge in [-0.25, -0.2) is 9.59 Å². The number of amides is 2. The summed E-state index contributed by atoms with van der Waals surface area (Å²) in [4.78, 5) is 39.1. The Morgan fingerprint density at radius 3 is 2.22 bits per heavy atom. The van der Waals surface area contributed by atoms with Gasteiger partial charge >= 0.3 is 12.1 Å². The minimum Gasteiger partial charge on any atom is -0.480 e. The van der Waals surface area contributed by atoms with Gasteiger partial charge in [0.25, 0.3) is 0 Å². The maximum absolute atomic E-state index is 12.7. The van der Waals surface area contributed by atoms with Gasteiger partial charge in [0.1, 0.15) is 12.6 Å². The van der Waals surface area contributed by atoms with E-state index >= 15 is 0 Å². The van der Waals surface area contributed by atoms with Crippen LogP contribution in [0.15, 0.2) is 78.9 Å². The van der Waals surface area contributed by atoms with Crippen LogP contribution in [0.5, 0.6) is 0 Å². The van der Waals surface area contributed by atoms with Crippen LogP contribution in [0.4, 0.5) is 4.79 Å². The van der Waals surface area contributed by atoms with Crippen molar-refractivity contribution < 1.29 is 24.2 Å². The molecule has 0 saturated heterocycles. The van der Waals surface area contributed by atoms with Crippen molar-refractivity contribution in [3.8, 4) is 11.1 Å². The van der Waals surface area contributed by atoms with E-state index in [2.05, 4.69) is 34.9 Å². The number of rotatable bonds is 11. The second-order valence-electron chi connectivity index (χ2n) is 11.2. The molecule has 2 amide bonds. The van der Waals surface area contributed by atoms with E-state index in [-0.39, 0.29) is 43.4 Å². The molecule has 5 rings (SSSR count). The van der Waals surface area contributed by atoms with Gasteiger partial charge in [-0.1, -0.05) is 78.9 Å². The number of hydrogen-bond donors (Lipinski definition) is 3. The maximum atomic E-state index is 12.7. The van der Waals surface area contributed by atoms with Gasteiger partial charge in [-0.05, 0) is 60.0 Å². The molecule has 3 aromatic carbocycles. The lowest BCUT2D eigenvalue weighted by molar-refractivity contribution is -0.142. The summed E-state index contributed by atoms with van der Waals surface area (Å²) < 4.78 is 5.68. The molecular formula is C33H37N3O5. The number of fused-ring (bicyclic) bond motifs is 3. The van der Waals surface area contributed by atoms with Crippen LogP contribution in [0.1, 0.15) is 48.3 Å². The Morgan fingerprint density at radius 1 is 0.927 bits per heavy atom. The van der Waals surface area contributed by atoms with Crippen LogP contribution < -0.4 is 10.6 Å². The number of carboxylic acid groups (broad SMARTS) is 1. The van der Waals surface area contributed by atoms with Crippen LogP contribution in [0.3, 0.4) is 0 Å². The molecule has 41 heavy (non-hydrogen) atoms. The smallest absolute Gasteiger partial charge is 0.407 e. The van der Waals surface area contributed by atoms with Crippen molar-refractivity contribution in [3.05, 3.63) is 95.6 Å². The Labute approximate surface area is 240 Å². The SMILES string of the molecule is CN(Cc1ccccc1)CC(NC(=O)C[C@@H]1CC[C@H](NC(=O)OCC2c3ccccc3-c3ccccc32)C1)C(=O)O. The monoisotopic (exact) mass is 555 g/mol. The summed E-state index contributed by atoms with van der Waals surface area (Å²) in [5.74, 6) is -1.26. The highest BCUT2D eigenvalue weighted by atomic mass is 16.5. The fraction of sp³-hybridized carbons (Fsp3) is 0.364. The Morgan fingerprint density at radius 2 is 1.56 bits per heavy atom. The molecule has 2 aliphatic carbocycles. The van der Waals surface area contributed by atoms with Crippen molar-refractivity contribution in [1.82, 2.24) is 15.5 Å². The number of nitrogens with zero attached hydrogens (tertiary/aromatic N) is 1. The van der Waals surface area contributed by atoms with Crippen molar-refractivity contribution in [3.63, 3.8) is 0 Å². The van der Waals surface area contributed by atoms with Crippen molar-refractivity contribution in [2.24, 2.45) is 5.92 Å². The number of ether oxygens (including phenoxy) is 1. The fourth-order valence-corrected chi connectivity index (χ4v) is 6.17. The molecule has 8 heteroatoms. The van der Waals surface area contributed by atoms with Crippen molar-refractivity contribution in [1.29, 1.82) is 0 Å². The van der Waals surface area contributed by atoms with Crippen LogP contribution in [0, 0.1) is 5.92 Å². The van der Waals surface area contributed by atoms with E-state index in [9.17, 15) is 19.5 Å². The van der Waals surface area contributed by atoms with Gasteiger partial charge < -0.3 is 20.5 Å². The summed E-state index contributed by atoms with van der Waals surface area (Å²) in [5, 5.41) is 15.3. The predicted molar refractivity (Wildman–Crippen MR) is 156 cm³/mol. The first kappa shape index (κ1) is 28.4. The normalized spacial score (nSPS) is 18.4. The highest BCUT2D eigenvalue weighted by molar-refractivity contribution is 5.84. The molecular weight excluding hydrogens is 518 g/mol. The molecule has 1 unspecified atom stereocenters. The lowest BCUT2D eigenvalue weighted by atomic mass is 9.98. The minimum absolute atomic E-state index is 0.00194. The molecule has 214 valence electrons. The molecule has 0 aromatic heterocycles. The third-order valence-corrected chi connectivity index (χ3v) is 8.10. The number of hydrogen-bond acceptors (Lipinski definition) is 5. The van der Waals surface area contributed by atoms with E-state index in [4.69, 9.17) is 4.74 Å². The molecule has 1 fully saturated rings. The predicted octanol–water partition coefficient (Wildman–Crippen LogP) is 4.79. The Kier molecular flexibility index (Phi) is 8.99. The number of carbonyl (C=O) groups excluding carboxylic acids is 2. The van der Waals surface area contributed by atoms with Crippen LogP contribution in [-0.2, 0) is 20.9 Å². The molecule has 0 radical (unpaired) electrons. The van der Waals surface area contributed by atoms with E-state index in [0.29, 0.717) is 13.0 Å². The molecule has 0 aliphatic heterocycles. The quantitative estimate of drug-likeness (QED) is 0.314. The molecule has 0 spiro atoms. The molecule has 0 heterocycles. The second-order valence-corrected chi connectivity index (χ2v) is 11.2. The molecule has 3 aromatic rings. The third-order valence-electron chi connectivity index (χ3n) is 8.10. The Hall–Kier alpha value is -4.17. The van der Waals surface area contributed by atoms with Gasteiger partial charge in [-0.3, -0.25) is 9.69 Å². The van der Waals surface area contributed by atoms with E-state index in [1.54, 1.807) is 0 Å². The number of benzene rings is 3. The number of alkyl carbamates (subject to hydrolysis) is 1. The number of aliphatic carboxylic acids is 1. The third kappa shape index (κ3) is 7.13. The van der Waals surface area contributed by atoms with Crippen molar-refractivity contribution >= 4 is 18.0 Å². The number of likely N-dealkylation sites (N-methyl/N-ethyl adjacent to an activating group) is 1. The zero-order valence-electron chi connectivity index (χ0n) is 23.3. The number of carbonyl (C=O) groups is 3. The second kappa shape index (κ2) is 13.0. The minimum atomic E-state index is -1.06. The average Bonchev–Trinajstić information content (AvgIpc) is 3.53. The van der Waals surface area contributed by atoms with Gasteiger partial charge in [-0.15, -0.1) is 0 Å². The molecule has 8 nitrogen and oxygen atoms in total. The standard InChI is InChI=1S/C33H37N3O5/c1-36(19-22-9-3-2-4-10-22)20-30(32(38)39)35-31(37)18-23-15-16-24(17-23)34-33(40)41-21-29-27-13-7-5-11-25(27)26-12-6-8-14-28(26)29/h2-14,23-24,29-30H,15-21H2,1H3,(H,34,40)(H,35,37)(H,38,39)/t23-,24+,30?/m1/s1. The topological polar surface area (TPSA) is 108 Å². The highest BCUT2D eigenvalue weighted by Crippen LogP contribution is 2.44. The molecule has 2 aliphatic rings. The first-order chi connectivity index (χ1) is 19.9. The zero-order chi connectivity index (χ0) is 28.8. The van der Waals surface area contributed by atoms with Crippen molar-refractivity contribution in [2.45, 2.75) is 50.2 Å². The summed E-state index contributed by atoms with van der Waals surface area (Å²) in [6, 6.07) is 25.2. The van der Waals surface area contributed by atoms with Gasteiger partial charge in [0.15, 0.2) is 0 Å². The van der Waals surface area contributed by atoms with Gasteiger partial charge in [0.05, 0.1) is 0 Å². The molecule has 3 atom stereocenters. The summed E-state index contributed by atoms with van der Waals surface area (Å²) in [6.07, 6.45) is 1.98. The summed E-state index contributed by atoms with van der Waals surface area (Å²) in [7, 11) is 1.84. The largest absolute Gasteiger partial charge is 0.480 e. The molecule has 0 bridgehead atoms. The first-order valence-corrected chi connectivity index (χ1v) is 14.2. The number of nitrogens with one attached hydrogen (secondary N) is 2. The van der Waals surface area contributed by atoms with Crippen LogP contribution in [0.25, 0.3) is 11.1 Å². The van der Waals surface area contributed by atoms with Gasteiger partial charge in [0.2, 0.25) is 5.91 Å². The van der Waals surface area contributed by atoms with Crippen LogP contribution in [-0.4, -0.2) is 60.3 Å². The van der Waals surface area contributed by atoms with Crippen LogP contribution in [0.2, 0.25) is 0 Å². The number of carboxylic acids is 1. The van der Waals surface area contributed by atoms with E-state index in [1.807, 2.05) is 66.5 Å². The first-order valence-electron chi connectivity index (χ1n) is 14.2. The lowest BCUT2D eigenvalue weighted by Gasteiger charge is -2.23. The van der Waals surface area contributed by atoms with Crippen molar-refractivity contribution in [2.75, 3.05) is 20.2 Å². The van der Waals surface area contributed by atoms with Crippen LogP contribution >= 0.6 is 0 Å². The zero-order valence-corrected chi connectivity index (χ0v) is 23.3. The van der Waals surface area contributed by atoms with E-state index in [0.717, 1.165) is 18.4 Å². The van der Waals surface area contributed by atoms with E-state index < -0.39 is 18.1 Å². The maximum Gasteiger partial charge on any atom is 0.407 e. The molecule has 3 N–H and O–H groups in total. The van der Waals surface area contributed by atoms with E-state index in [1.165, 1.54) is 22.3 Å².